The van der Waals surface area contributed by atoms with E-state index in [2.05, 4.69) is 4.99 Å². The first-order valence-electron chi connectivity index (χ1n) is 13.2. The zero-order chi connectivity index (χ0) is 29.8. The van der Waals surface area contributed by atoms with Gasteiger partial charge in [-0.25, -0.2) is 9.79 Å². The molecule has 10 heteroatoms. The molecular formula is C32H29ClN2O6S. The fraction of sp³-hybridized carbons (Fsp3) is 0.219. The van der Waals surface area contributed by atoms with Crippen LogP contribution in [-0.4, -0.2) is 31.4 Å². The Bertz CT molecular complexity index is 1840. The highest BCUT2D eigenvalue weighted by Crippen LogP contribution is 2.37. The van der Waals surface area contributed by atoms with E-state index in [-0.39, 0.29) is 17.7 Å². The second-order valence-electron chi connectivity index (χ2n) is 9.40. The van der Waals surface area contributed by atoms with Crippen molar-refractivity contribution >= 4 is 35.0 Å². The standard InChI is InChI=1S/C32H29ClN2O6S/c1-5-40-31(37)28-19(2)34-32-35(29(28)25-14-13-23(38-3)17-26(25)39-4)30(36)27(42-32)16-21-7-6-8-24(15-21)41-18-20-9-11-22(33)12-10-20/h6-17,29H,5,18H2,1-4H3/b27-16-/t29-/m1/s1. The molecule has 0 amide bonds. The Morgan fingerprint density at radius 3 is 2.55 bits per heavy atom. The number of esters is 1. The summed E-state index contributed by atoms with van der Waals surface area (Å²) in [6.07, 6.45) is 1.80. The van der Waals surface area contributed by atoms with Gasteiger partial charge < -0.3 is 18.9 Å². The largest absolute Gasteiger partial charge is 0.497 e. The Morgan fingerprint density at radius 1 is 1.05 bits per heavy atom. The van der Waals surface area contributed by atoms with Crippen molar-refractivity contribution in [3.8, 4) is 17.2 Å². The lowest BCUT2D eigenvalue weighted by Crippen LogP contribution is -2.40. The van der Waals surface area contributed by atoms with Gasteiger partial charge in [-0.2, -0.15) is 0 Å². The van der Waals surface area contributed by atoms with Crippen LogP contribution in [0, 0.1) is 0 Å². The number of allylic oxidation sites excluding steroid dienone is 1. The van der Waals surface area contributed by atoms with Crippen LogP contribution >= 0.6 is 22.9 Å². The Hall–Kier alpha value is -4.34. The molecule has 8 nitrogen and oxygen atoms in total. The van der Waals surface area contributed by atoms with Gasteiger partial charge in [0.15, 0.2) is 4.80 Å². The third-order valence-electron chi connectivity index (χ3n) is 6.73. The van der Waals surface area contributed by atoms with Crippen molar-refractivity contribution in [2.45, 2.75) is 26.5 Å². The summed E-state index contributed by atoms with van der Waals surface area (Å²) in [5, 5.41) is 0.666. The molecule has 5 rings (SSSR count). The van der Waals surface area contributed by atoms with Crippen molar-refractivity contribution in [3.05, 3.63) is 119 Å². The maximum Gasteiger partial charge on any atom is 0.338 e. The number of aromatic nitrogens is 1. The second-order valence-corrected chi connectivity index (χ2v) is 10.8. The summed E-state index contributed by atoms with van der Waals surface area (Å²) in [4.78, 5) is 32.3. The number of benzene rings is 3. The summed E-state index contributed by atoms with van der Waals surface area (Å²) in [7, 11) is 3.09. The highest BCUT2D eigenvalue weighted by molar-refractivity contribution is 7.07. The molecule has 0 fully saturated rings. The molecule has 0 bridgehead atoms. The number of methoxy groups -OCH3 is 2. The van der Waals surface area contributed by atoms with E-state index in [4.69, 9.17) is 30.5 Å². The predicted octanol–water partition coefficient (Wildman–Crippen LogP) is 5.05. The Kier molecular flexibility index (Phi) is 8.80. The van der Waals surface area contributed by atoms with Gasteiger partial charge in [-0.3, -0.25) is 9.36 Å². The molecule has 1 atom stereocenters. The van der Waals surface area contributed by atoms with Crippen LogP contribution < -0.4 is 29.1 Å². The number of halogens is 1. The van der Waals surface area contributed by atoms with E-state index >= 15 is 0 Å². The van der Waals surface area contributed by atoms with E-state index in [1.165, 1.54) is 23.0 Å². The Balaban J connectivity index is 1.58. The molecular weight excluding hydrogens is 576 g/mol. The highest BCUT2D eigenvalue weighted by Gasteiger charge is 2.35. The van der Waals surface area contributed by atoms with Gasteiger partial charge >= 0.3 is 5.97 Å². The molecule has 2 heterocycles. The molecule has 0 saturated carbocycles. The van der Waals surface area contributed by atoms with Gasteiger partial charge in [-0.1, -0.05) is 47.2 Å². The van der Waals surface area contributed by atoms with Crippen LogP contribution in [0.5, 0.6) is 17.2 Å². The average Bonchev–Trinajstić information content (AvgIpc) is 3.29. The number of nitrogens with zero attached hydrogens (tertiary/aromatic N) is 2. The summed E-state index contributed by atoms with van der Waals surface area (Å²) in [6, 6.07) is 19.4. The van der Waals surface area contributed by atoms with Crippen LogP contribution in [0.3, 0.4) is 0 Å². The van der Waals surface area contributed by atoms with E-state index in [9.17, 15) is 9.59 Å². The van der Waals surface area contributed by atoms with Crippen molar-refractivity contribution < 1.29 is 23.7 Å². The fourth-order valence-electron chi connectivity index (χ4n) is 4.72. The SMILES string of the molecule is CCOC(=O)C1=C(C)N=c2s/c(=C\c3cccc(OCc4ccc(Cl)cc4)c3)c(=O)n2[C@@H]1c1ccc(OC)cc1OC. The lowest BCUT2D eigenvalue weighted by molar-refractivity contribution is -0.139. The van der Waals surface area contributed by atoms with Crippen molar-refractivity contribution in [2.24, 2.45) is 4.99 Å². The molecule has 0 radical (unpaired) electrons. The predicted molar refractivity (Wildman–Crippen MR) is 162 cm³/mol. The third kappa shape index (κ3) is 5.98. The molecule has 0 aliphatic carbocycles. The van der Waals surface area contributed by atoms with Crippen LogP contribution in [0.1, 0.15) is 36.6 Å². The van der Waals surface area contributed by atoms with Crippen LogP contribution in [0.4, 0.5) is 0 Å². The lowest BCUT2D eigenvalue weighted by atomic mass is 9.95. The molecule has 1 aliphatic rings. The number of hydrogen-bond donors (Lipinski definition) is 0. The summed E-state index contributed by atoms with van der Waals surface area (Å²) < 4.78 is 24.4. The number of ether oxygens (including phenoxy) is 4. The van der Waals surface area contributed by atoms with E-state index in [1.807, 2.05) is 48.5 Å². The summed E-state index contributed by atoms with van der Waals surface area (Å²) in [5.74, 6) is 1.17. The maximum absolute atomic E-state index is 14.0. The van der Waals surface area contributed by atoms with Crippen molar-refractivity contribution in [2.75, 3.05) is 20.8 Å². The number of hydrogen-bond acceptors (Lipinski definition) is 8. The third-order valence-corrected chi connectivity index (χ3v) is 7.96. The van der Waals surface area contributed by atoms with Gasteiger partial charge in [0, 0.05) is 16.7 Å². The van der Waals surface area contributed by atoms with E-state index in [0.29, 0.717) is 49.5 Å². The minimum Gasteiger partial charge on any atom is -0.497 e. The smallest absolute Gasteiger partial charge is 0.338 e. The first-order valence-corrected chi connectivity index (χ1v) is 14.4. The summed E-state index contributed by atoms with van der Waals surface area (Å²) >= 11 is 7.23. The van der Waals surface area contributed by atoms with E-state index in [1.54, 1.807) is 45.2 Å². The highest BCUT2D eigenvalue weighted by atomic mass is 35.5. The zero-order valence-electron chi connectivity index (χ0n) is 23.5. The van der Waals surface area contributed by atoms with E-state index in [0.717, 1.165) is 11.1 Å². The fourth-order valence-corrected chi connectivity index (χ4v) is 5.90. The zero-order valence-corrected chi connectivity index (χ0v) is 25.1. The van der Waals surface area contributed by atoms with E-state index < -0.39 is 12.0 Å². The minimum atomic E-state index is -0.808. The Morgan fingerprint density at radius 2 is 1.83 bits per heavy atom. The molecule has 0 spiro atoms. The minimum absolute atomic E-state index is 0.183. The van der Waals surface area contributed by atoms with Crippen LogP contribution in [0.15, 0.2) is 87.8 Å². The van der Waals surface area contributed by atoms with Gasteiger partial charge in [0.05, 0.1) is 36.6 Å². The lowest BCUT2D eigenvalue weighted by Gasteiger charge is -2.26. The summed E-state index contributed by atoms with van der Waals surface area (Å²) in [5.41, 5.74) is 2.84. The molecule has 216 valence electrons. The quantitative estimate of drug-likeness (QED) is 0.249. The van der Waals surface area contributed by atoms with Gasteiger partial charge in [-0.15, -0.1) is 0 Å². The van der Waals surface area contributed by atoms with Crippen LogP contribution in [0.2, 0.25) is 5.02 Å². The molecule has 0 unspecified atom stereocenters. The first kappa shape index (κ1) is 29.2. The first-order chi connectivity index (χ1) is 20.3. The topological polar surface area (TPSA) is 88.4 Å². The molecule has 1 aromatic heterocycles. The van der Waals surface area contributed by atoms with Crippen LogP contribution in [0.25, 0.3) is 6.08 Å². The molecule has 3 aromatic carbocycles. The van der Waals surface area contributed by atoms with Gasteiger partial charge in [0.1, 0.15) is 29.9 Å². The molecule has 4 aromatic rings. The molecule has 0 N–H and O–H groups in total. The van der Waals surface area contributed by atoms with Crippen LogP contribution in [-0.2, 0) is 16.1 Å². The summed E-state index contributed by atoms with van der Waals surface area (Å²) in [6.45, 7) is 4.04. The average molecular weight is 605 g/mol. The number of carbonyl (C=O) groups excluding carboxylic acids is 1. The van der Waals surface area contributed by atoms with Gasteiger partial charge in [0.2, 0.25) is 0 Å². The molecule has 42 heavy (non-hydrogen) atoms. The number of thiazole rings is 1. The maximum atomic E-state index is 14.0. The Labute approximate surface area is 251 Å². The van der Waals surface area contributed by atoms with Gasteiger partial charge in [0.25, 0.3) is 5.56 Å². The van der Waals surface area contributed by atoms with Crippen molar-refractivity contribution in [1.29, 1.82) is 0 Å². The number of rotatable bonds is 9. The molecule has 1 aliphatic heterocycles. The number of carbonyl (C=O) groups is 1. The number of fused-ring (bicyclic) bond motifs is 1. The second kappa shape index (κ2) is 12.7. The van der Waals surface area contributed by atoms with Crippen molar-refractivity contribution in [1.82, 2.24) is 4.57 Å². The normalized spacial score (nSPS) is 14.7. The molecule has 0 saturated heterocycles. The van der Waals surface area contributed by atoms with Gasteiger partial charge in [-0.05, 0) is 67.4 Å². The monoisotopic (exact) mass is 604 g/mol. The van der Waals surface area contributed by atoms with Crippen molar-refractivity contribution in [3.63, 3.8) is 0 Å².